The van der Waals surface area contributed by atoms with Crippen molar-refractivity contribution < 1.29 is 37.0 Å². The van der Waals surface area contributed by atoms with Crippen molar-refractivity contribution in [2.75, 3.05) is 23.9 Å². The van der Waals surface area contributed by atoms with Gasteiger partial charge in [0, 0.05) is 22.0 Å². The number of alkyl halides is 3. The van der Waals surface area contributed by atoms with E-state index in [1.165, 1.54) is 19.2 Å². The highest BCUT2D eigenvalue weighted by Crippen LogP contribution is 2.55. The van der Waals surface area contributed by atoms with Gasteiger partial charge in [0.1, 0.15) is 16.7 Å². The lowest BCUT2D eigenvalue weighted by Gasteiger charge is -2.30. The molecule has 3 atom stereocenters. The Kier molecular flexibility index (Phi) is 7.72. The van der Waals surface area contributed by atoms with Gasteiger partial charge in [-0.1, -0.05) is 53.4 Å². The van der Waals surface area contributed by atoms with E-state index in [4.69, 9.17) is 9.47 Å². The van der Waals surface area contributed by atoms with Crippen molar-refractivity contribution in [2.45, 2.75) is 22.4 Å². The molecule has 9 nitrogen and oxygen atoms in total. The van der Waals surface area contributed by atoms with E-state index in [9.17, 15) is 32.3 Å². The Morgan fingerprint density at radius 2 is 1.68 bits per heavy atom. The lowest BCUT2D eigenvalue weighted by molar-refractivity contribution is -0.137. The second-order valence-electron chi connectivity index (χ2n) is 9.88. The Morgan fingerprint density at radius 1 is 0.977 bits per heavy atom. The summed E-state index contributed by atoms with van der Waals surface area (Å²) in [5, 5.41) is 1.95. The summed E-state index contributed by atoms with van der Waals surface area (Å²) >= 11 is 1.79. The number of methoxy groups -OCH3 is 1. The summed E-state index contributed by atoms with van der Waals surface area (Å²) in [5.74, 6) is -3.35. The second-order valence-corrected chi connectivity index (χ2v) is 12.0. The average Bonchev–Trinajstić information content (AvgIpc) is 3.50. The lowest BCUT2D eigenvalue weighted by Crippen LogP contribution is -2.33. The highest BCUT2D eigenvalue weighted by molar-refractivity contribution is 8.00. The molecule has 3 heterocycles. The standard InChI is InChI=1S/C30H22F3N3O6S2/c1-41-16-12-10-15(11-13-16)34-21(37)14-42-20-9-5-2-6-17(20)22-23-25(43-26-24(22)44-29(40)35-26)28(39)36(27(23)38)19-8-4-3-7-18(19)30(31,32)33/h2-13,22-23,25H,14H2,1H3,(H,34,37)(H,35,40). The third kappa shape index (κ3) is 5.35. The van der Waals surface area contributed by atoms with Gasteiger partial charge in [0.15, 0.2) is 6.61 Å². The Hall–Kier alpha value is -4.56. The van der Waals surface area contributed by atoms with Gasteiger partial charge in [-0.3, -0.25) is 19.2 Å². The Labute approximate surface area is 256 Å². The van der Waals surface area contributed by atoms with Gasteiger partial charge in [0.25, 0.3) is 5.91 Å². The maximum atomic E-state index is 14.0. The first-order chi connectivity index (χ1) is 21.1. The van der Waals surface area contributed by atoms with Crippen LogP contribution in [0.25, 0.3) is 0 Å². The van der Waals surface area contributed by atoms with E-state index in [1.807, 2.05) is 0 Å². The van der Waals surface area contributed by atoms with Crippen LogP contribution in [0.1, 0.15) is 21.9 Å². The number of benzene rings is 3. The molecule has 3 aromatic carbocycles. The molecule has 0 radical (unpaired) electrons. The molecule has 0 spiro atoms. The number of para-hydroxylation sites is 2. The lowest BCUT2D eigenvalue weighted by atomic mass is 9.82. The van der Waals surface area contributed by atoms with Gasteiger partial charge >= 0.3 is 11.0 Å². The number of carbonyl (C=O) groups is 3. The summed E-state index contributed by atoms with van der Waals surface area (Å²) in [4.78, 5) is 56.1. The molecule has 6 rings (SSSR count). The number of amides is 3. The largest absolute Gasteiger partial charge is 0.497 e. The summed E-state index contributed by atoms with van der Waals surface area (Å²) in [6.07, 6.45) is -4.81. The van der Waals surface area contributed by atoms with E-state index >= 15 is 0 Å². The fourth-order valence-corrected chi connectivity index (χ4v) is 7.89. The number of rotatable bonds is 7. The summed E-state index contributed by atoms with van der Waals surface area (Å²) in [6, 6.07) is 17.6. The van der Waals surface area contributed by atoms with E-state index < -0.39 is 63.7 Å². The number of hydrogen-bond acceptors (Lipinski definition) is 8. The number of halogens is 3. The number of fused-ring (bicyclic) bond motifs is 2. The van der Waals surface area contributed by atoms with E-state index in [0.717, 1.165) is 35.2 Å². The molecule has 4 aromatic rings. The molecular weight excluding hydrogens is 619 g/mol. The highest BCUT2D eigenvalue weighted by Gasteiger charge is 2.57. The predicted octanol–water partition coefficient (Wildman–Crippen LogP) is 5.28. The summed E-state index contributed by atoms with van der Waals surface area (Å²) in [5.41, 5.74) is -0.753. The molecule has 0 bridgehead atoms. The molecule has 2 aliphatic rings. The molecule has 14 heteroatoms. The zero-order valence-electron chi connectivity index (χ0n) is 22.7. The molecule has 44 heavy (non-hydrogen) atoms. The van der Waals surface area contributed by atoms with Gasteiger partial charge in [0.05, 0.1) is 29.3 Å². The van der Waals surface area contributed by atoms with Crippen LogP contribution in [0.3, 0.4) is 0 Å². The monoisotopic (exact) mass is 641 g/mol. The van der Waals surface area contributed by atoms with Crippen molar-refractivity contribution >= 4 is 52.2 Å². The fourth-order valence-electron chi connectivity index (χ4n) is 5.38. The minimum atomic E-state index is -4.81. The van der Waals surface area contributed by atoms with Crippen molar-refractivity contribution in [3.63, 3.8) is 0 Å². The molecular formula is C30H22F3N3O6S2. The number of hydrogen-bond donors (Lipinski definition) is 2. The first kappa shape index (κ1) is 29.5. The van der Waals surface area contributed by atoms with Crippen LogP contribution in [0.5, 0.6) is 11.5 Å². The van der Waals surface area contributed by atoms with E-state index in [2.05, 4.69) is 10.3 Å². The van der Waals surface area contributed by atoms with Crippen LogP contribution in [0, 0.1) is 5.92 Å². The molecule has 1 saturated heterocycles. The number of aromatic amines is 1. The highest BCUT2D eigenvalue weighted by atomic mass is 32.2. The Morgan fingerprint density at radius 3 is 2.41 bits per heavy atom. The number of thioether (sulfide) groups is 1. The number of ether oxygens (including phenoxy) is 2. The quantitative estimate of drug-likeness (QED) is 0.264. The number of H-pyrrole nitrogens is 1. The van der Waals surface area contributed by atoms with Gasteiger partial charge in [-0.2, -0.15) is 13.2 Å². The third-order valence-corrected chi connectivity index (χ3v) is 9.66. The molecule has 226 valence electrons. The molecule has 3 amide bonds. The smallest absolute Gasteiger partial charge is 0.418 e. The minimum absolute atomic E-state index is 0.217. The molecule has 2 N–H and O–H groups in total. The zero-order chi connectivity index (χ0) is 31.2. The molecule has 2 aliphatic heterocycles. The molecule has 0 aliphatic carbocycles. The van der Waals surface area contributed by atoms with Crippen molar-refractivity contribution in [2.24, 2.45) is 5.92 Å². The van der Waals surface area contributed by atoms with Crippen molar-refractivity contribution in [1.29, 1.82) is 0 Å². The second kappa shape index (κ2) is 11.5. The van der Waals surface area contributed by atoms with Gasteiger partial charge in [0.2, 0.25) is 11.8 Å². The predicted molar refractivity (Wildman–Crippen MR) is 157 cm³/mol. The van der Waals surface area contributed by atoms with Crippen LogP contribution in [-0.4, -0.2) is 41.7 Å². The Bertz CT molecular complexity index is 1820. The van der Waals surface area contributed by atoms with Crippen LogP contribution in [0.4, 0.5) is 24.5 Å². The van der Waals surface area contributed by atoms with Gasteiger partial charge < -0.3 is 19.8 Å². The van der Waals surface area contributed by atoms with Crippen LogP contribution >= 0.6 is 23.1 Å². The molecule has 1 aromatic heterocycles. The minimum Gasteiger partial charge on any atom is -0.497 e. The summed E-state index contributed by atoms with van der Waals surface area (Å²) in [6.45, 7) is -0.410. The fraction of sp³-hybridized carbons (Fsp3) is 0.200. The third-order valence-electron chi connectivity index (χ3n) is 7.26. The Balaban J connectivity index is 1.34. The maximum Gasteiger partial charge on any atom is 0.418 e. The van der Waals surface area contributed by atoms with Gasteiger partial charge in [-0.25, -0.2) is 4.90 Å². The molecule has 3 unspecified atom stereocenters. The van der Waals surface area contributed by atoms with E-state index in [1.54, 1.807) is 48.5 Å². The van der Waals surface area contributed by atoms with Gasteiger partial charge in [-0.05, 0) is 42.5 Å². The van der Waals surface area contributed by atoms with Crippen LogP contribution in [0.2, 0.25) is 0 Å². The number of thiazole rings is 1. The van der Waals surface area contributed by atoms with E-state index in [0.29, 0.717) is 31.8 Å². The number of aromatic nitrogens is 1. The molecule has 0 saturated carbocycles. The average molecular weight is 642 g/mol. The topological polar surface area (TPSA) is 118 Å². The first-order valence-electron chi connectivity index (χ1n) is 13.2. The van der Waals surface area contributed by atoms with Crippen LogP contribution in [-0.2, 0) is 20.6 Å². The van der Waals surface area contributed by atoms with E-state index in [-0.39, 0.29) is 5.75 Å². The number of nitrogens with zero attached hydrogens (tertiary/aromatic N) is 1. The van der Waals surface area contributed by atoms with Crippen molar-refractivity contribution in [1.82, 2.24) is 4.98 Å². The normalized spacial score (nSPS) is 19.4. The number of carbonyl (C=O) groups excluding carboxylic acids is 3. The maximum absolute atomic E-state index is 14.0. The van der Waals surface area contributed by atoms with Crippen LogP contribution < -0.4 is 24.6 Å². The van der Waals surface area contributed by atoms with Crippen molar-refractivity contribution in [3.8, 4) is 11.5 Å². The number of nitrogens with one attached hydrogen (secondary N) is 2. The van der Waals surface area contributed by atoms with Crippen LogP contribution in [0.15, 0.2) is 82.6 Å². The summed E-state index contributed by atoms with van der Waals surface area (Å²) in [7, 11) is 1.52. The zero-order valence-corrected chi connectivity index (χ0v) is 24.3. The SMILES string of the molecule is COc1ccc(NC(=O)COc2ccccc2C2c3sc(=O)[nH]c3SC3C(=O)N(c4ccccc4C(F)(F)F)C(=O)C32)cc1. The number of imide groups is 1. The first-order valence-corrected chi connectivity index (χ1v) is 14.9. The van der Waals surface area contributed by atoms with Crippen molar-refractivity contribution in [3.05, 3.63) is 98.5 Å². The van der Waals surface area contributed by atoms with Gasteiger partial charge in [-0.15, -0.1) is 0 Å². The number of anilines is 2. The molecule has 1 fully saturated rings. The summed E-state index contributed by atoms with van der Waals surface area (Å²) < 4.78 is 52.7.